The molecule has 4 nitrogen and oxygen atoms in total. The highest BCUT2D eigenvalue weighted by molar-refractivity contribution is 7.98. The van der Waals surface area contributed by atoms with E-state index in [1.54, 1.807) is 26.0 Å². The van der Waals surface area contributed by atoms with Crippen LogP contribution in [-0.4, -0.2) is 20.5 Å². The van der Waals surface area contributed by atoms with Gasteiger partial charge < -0.3 is 9.47 Å². The van der Waals surface area contributed by atoms with Crippen molar-refractivity contribution in [3.8, 4) is 11.5 Å². The lowest BCUT2D eigenvalue weighted by atomic mass is 9.98. The summed E-state index contributed by atoms with van der Waals surface area (Å²) in [6, 6.07) is 13.9. The van der Waals surface area contributed by atoms with Gasteiger partial charge in [-0.1, -0.05) is 12.1 Å². The van der Waals surface area contributed by atoms with Gasteiger partial charge in [0.05, 0.1) is 20.3 Å². The number of hydrazine groups is 1. The maximum Gasteiger partial charge on any atom is 0.127 e. The summed E-state index contributed by atoms with van der Waals surface area (Å²) in [5, 5.41) is 0. The van der Waals surface area contributed by atoms with E-state index in [4.69, 9.17) is 15.3 Å². The molecule has 0 saturated carbocycles. The molecule has 0 heterocycles. The summed E-state index contributed by atoms with van der Waals surface area (Å²) in [5.74, 6) is 7.26. The average molecular weight is 304 g/mol. The van der Waals surface area contributed by atoms with Gasteiger partial charge in [-0.2, -0.15) is 0 Å². The fourth-order valence-electron chi connectivity index (χ4n) is 2.22. The average Bonchev–Trinajstić information content (AvgIpc) is 2.56. The van der Waals surface area contributed by atoms with Crippen LogP contribution in [0.25, 0.3) is 0 Å². The van der Waals surface area contributed by atoms with E-state index in [1.165, 1.54) is 4.90 Å². The number of thioether (sulfide) groups is 1. The van der Waals surface area contributed by atoms with Gasteiger partial charge in [0.25, 0.3) is 0 Å². The molecule has 3 N–H and O–H groups in total. The molecule has 21 heavy (non-hydrogen) atoms. The molecule has 1 atom stereocenters. The van der Waals surface area contributed by atoms with Gasteiger partial charge in [0.1, 0.15) is 11.5 Å². The SMILES string of the molecule is COc1ccc(C(NN)c2ccc(SC)cc2)c(OC)c1. The van der Waals surface area contributed by atoms with E-state index >= 15 is 0 Å². The monoisotopic (exact) mass is 304 g/mol. The maximum atomic E-state index is 5.76. The van der Waals surface area contributed by atoms with Crippen LogP contribution in [0.1, 0.15) is 17.2 Å². The molecule has 0 bridgehead atoms. The summed E-state index contributed by atoms with van der Waals surface area (Å²) in [6.07, 6.45) is 2.06. The third kappa shape index (κ3) is 3.50. The van der Waals surface area contributed by atoms with Crippen molar-refractivity contribution in [2.75, 3.05) is 20.5 Å². The summed E-state index contributed by atoms with van der Waals surface area (Å²) >= 11 is 1.71. The Morgan fingerprint density at radius 3 is 2.29 bits per heavy atom. The molecule has 2 aromatic rings. The lowest BCUT2D eigenvalue weighted by Crippen LogP contribution is -2.29. The number of hydrogen-bond acceptors (Lipinski definition) is 5. The number of hydrogen-bond donors (Lipinski definition) is 2. The summed E-state index contributed by atoms with van der Waals surface area (Å²) in [7, 11) is 3.27. The molecule has 0 aromatic heterocycles. The Labute approximate surface area is 129 Å². The maximum absolute atomic E-state index is 5.76. The zero-order valence-electron chi connectivity index (χ0n) is 12.4. The van der Waals surface area contributed by atoms with Crippen molar-refractivity contribution in [1.82, 2.24) is 5.43 Å². The topological polar surface area (TPSA) is 56.5 Å². The predicted octanol–water partition coefficient (Wildman–Crippen LogP) is 2.98. The van der Waals surface area contributed by atoms with Gasteiger partial charge in [-0.05, 0) is 36.1 Å². The molecule has 0 amide bonds. The van der Waals surface area contributed by atoms with Crippen molar-refractivity contribution < 1.29 is 9.47 Å². The highest BCUT2D eigenvalue weighted by atomic mass is 32.2. The van der Waals surface area contributed by atoms with Crippen LogP contribution in [0.4, 0.5) is 0 Å². The van der Waals surface area contributed by atoms with E-state index in [2.05, 4.69) is 35.9 Å². The number of benzene rings is 2. The first kappa shape index (κ1) is 15.7. The smallest absolute Gasteiger partial charge is 0.127 e. The Morgan fingerprint density at radius 1 is 1.05 bits per heavy atom. The van der Waals surface area contributed by atoms with Crippen LogP contribution >= 0.6 is 11.8 Å². The van der Waals surface area contributed by atoms with Crippen molar-refractivity contribution >= 4 is 11.8 Å². The first-order chi connectivity index (χ1) is 10.2. The van der Waals surface area contributed by atoms with E-state index in [9.17, 15) is 0 Å². The largest absolute Gasteiger partial charge is 0.497 e. The third-order valence-electron chi connectivity index (χ3n) is 3.37. The van der Waals surface area contributed by atoms with Crippen molar-refractivity contribution in [2.24, 2.45) is 5.84 Å². The second-order valence-electron chi connectivity index (χ2n) is 4.48. The highest BCUT2D eigenvalue weighted by Gasteiger charge is 2.17. The summed E-state index contributed by atoms with van der Waals surface area (Å²) in [4.78, 5) is 1.22. The summed E-state index contributed by atoms with van der Waals surface area (Å²) in [5.41, 5.74) is 4.91. The summed E-state index contributed by atoms with van der Waals surface area (Å²) < 4.78 is 10.7. The predicted molar refractivity (Wildman–Crippen MR) is 86.9 cm³/mol. The minimum absolute atomic E-state index is 0.137. The number of ether oxygens (including phenoxy) is 2. The normalized spacial score (nSPS) is 12.0. The minimum Gasteiger partial charge on any atom is -0.497 e. The van der Waals surface area contributed by atoms with Gasteiger partial charge in [0.2, 0.25) is 0 Å². The van der Waals surface area contributed by atoms with Crippen LogP contribution in [0, 0.1) is 0 Å². The number of nitrogens with two attached hydrogens (primary N) is 1. The van der Waals surface area contributed by atoms with E-state index in [1.807, 2.05) is 18.2 Å². The Hall–Kier alpha value is -1.69. The number of methoxy groups -OCH3 is 2. The number of rotatable bonds is 6. The van der Waals surface area contributed by atoms with Crippen LogP contribution in [0.5, 0.6) is 11.5 Å². The molecule has 2 aromatic carbocycles. The molecule has 0 aliphatic carbocycles. The van der Waals surface area contributed by atoms with Gasteiger partial charge in [-0.15, -0.1) is 11.8 Å². The molecular formula is C16H20N2O2S. The van der Waals surface area contributed by atoms with E-state index in [0.29, 0.717) is 0 Å². The van der Waals surface area contributed by atoms with Crippen molar-refractivity contribution in [2.45, 2.75) is 10.9 Å². The molecule has 0 radical (unpaired) electrons. The molecule has 1 unspecified atom stereocenters. The second-order valence-corrected chi connectivity index (χ2v) is 5.36. The van der Waals surface area contributed by atoms with Crippen molar-refractivity contribution in [1.29, 1.82) is 0 Å². The Bertz CT molecular complexity index is 587. The van der Waals surface area contributed by atoms with Gasteiger partial charge in [-0.25, -0.2) is 5.43 Å². The molecule has 0 spiro atoms. The minimum atomic E-state index is -0.137. The van der Waals surface area contributed by atoms with E-state index in [-0.39, 0.29) is 6.04 Å². The van der Waals surface area contributed by atoms with Crippen LogP contribution < -0.4 is 20.7 Å². The standard InChI is InChI=1S/C16H20N2O2S/c1-19-12-6-9-14(15(10-12)20-2)16(18-17)11-4-7-13(21-3)8-5-11/h4-10,16,18H,17H2,1-3H3. The molecule has 5 heteroatoms. The lowest BCUT2D eigenvalue weighted by Gasteiger charge is -2.20. The van der Waals surface area contributed by atoms with Gasteiger partial charge in [0.15, 0.2) is 0 Å². The first-order valence-corrected chi connectivity index (χ1v) is 7.78. The quantitative estimate of drug-likeness (QED) is 0.488. The fraction of sp³-hybridized carbons (Fsp3) is 0.250. The van der Waals surface area contributed by atoms with E-state index < -0.39 is 0 Å². The highest BCUT2D eigenvalue weighted by Crippen LogP contribution is 2.33. The van der Waals surface area contributed by atoms with Crippen LogP contribution in [-0.2, 0) is 0 Å². The number of nitrogens with one attached hydrogen (secondary N) is 1. The summed E-state index contributed by atoms with van der Waals surface area (Å²) in [6.45, 7) is 0. The van der Waals surface area contributed by atoms with Crippen molar-refractivity contribution in [3.63, 3.8) is 0 Å². The third-order valence-corrected chi connectivity index (χ3v) is 4.11. The molecular weight excluding hydrogens is 284 g/mol. The molecule has 0 fully saturated rings. The van der Waals surface area contributed by atoms with Crippen molar-refractivity contribution in [3.05, 3.63) is 53.6 Å². The van der Waals surface area contributed by atoms with Crippen LogP contribution in [0.2, 0.25) is 0 Å². The molecule has 0 aliphatic heterocycles. The fourth-order valence-corrected chi connectivity index (χ4v) is 2.63. The molecule has 0 aliphatic rings. The Morgan fingerprint density at radius 2 is 1.76 bits per heavy atom. The zero-order valence-corrected chi connectivity index (χ0v) is 13.2. The van der Waals surface area contributed by atoms with Crippen LogP contribution in [0.3, 0.4) is 0 Å². The van der Waals surface area contributed by atoms with Gasteiger partial charge in [0, 0.05) is 16.5 Å². The van der Waals surface area contributed by atoms with E-state index in [0.717, 1.165) is 22.6 Å². The van der Waals surface area contributed by atoms with Crippen LogP contribution in [0.15, 0.2) is 47.4 Å². The Kier molecular flexibility index (Phi) is 5.50. The molecule has 2 rings (SSSR count). The molecule has 112 valence electrons. The van der Waals surface area contributed by atoms with Gasteiger partial charge in [-0.3, -0.25) is 5.84 Å². The Balaban J connectivity index is 2.40. The van der Waals surface area contributed by atoms with Gasteiger partial charge >= 0.3 is 0 Å². The first-order valence-electron chi connectivity index (χ1n) is 6.55. The zero-order chi connectivity index (χ0) is 15.2. The second kappa shape index (κ2) is 7.36. The lowest BCUT2D eigenvalue weighted by molar-refractivity contribution is 0.387. The molecule has 0 saturated heterocycles.